The van der Waals surface area contributed by atoms with E-state index in [0.717, 1.165) is 0 Å². The lowest BCUT2D eigenvalue weighted by molar-refractivity contribution is 0.0993. The van der Waals surface area contributed by atoms with Crippen LogP contribution in [0.2, 0.25) is 0 Å². The first-order valence-electron chi connectivity index (χ1n) is 6.35. The van der Waals surface area contributed by atoms with Crippen molar-refractivity contribution in [1.82, 2.24) is 0 Å². The summed E-state index contributed by atoms with van der Waals surface area (Å²) in [5.41, 5.74) is 7.77. The lowest BCUT2D eigenvalue weighted by Gasteiger charge is -2.20. The van der Waals surface area contributed by atoms with Gasteiger partial charge in [-0.05, 0) is 42.8 Å². The van der Waals surface area contributed by atoms with Crippen molar-refractivity contribution in [3.63, 3.8) is 0 Å². The van der Waals surface area contributed by atoms with E-state index in [9.17, 15) is 9.18 Å². The van der Waals surface area contributed by atoms with Crippen LogP contribution in [0, 0.1) is 12.7 Å². The molecular weight excluding hydrogens is 287 g/mol. The second-order valence-corrected chi connectivity index (χ2v) is 5.15. The Kier molecular flexibility index (Phi) is 4.33. The van der Waals surface area contributed by atoms with Crippen LogP contribution >= 0.6 is 12.2 Å². The molecule has 0 heterocycles. The van der Waals surface area contributed by atoms with Crippen molar-refractivity contribution in [3.05, 3.63) is 65.0 Å². The molecule has 0 atom stereocenters. The Hall–Kier alpha value is -2.27. The van der Waals surface area contributed by atoms with E-state index in [1.165, 1.54) is 23.1 Å². The minimum atomic E-state index is -0.335. The predicted octanol–water partition coefficient (Wildman–Crippen LogP) is 3.04. The van der Waals surface area contributed by atoms with Gasteiger partial charge in [-0.1, -0.05) is 24.4 Å². The average Bonchev–Trinajstić information content (AvgIpc) is 2.48. The summed E-state index contributed by atoms with van der Waals surface area (Å²) in [6, 6.07) is 11.4. The summed E-state index contributed by atoms with van der Waals surface area (Å²) in [6.45, 7) is 1.62. The SMILES string of the molecule is Cc1cc(C(=O)N(C)c2ccccc2C(N)=S)ccc1F. The number of hydrogen-bond acceptors (Lipinski definition) is 2. The van der Waals surface area contributed by atoms with Crippen molar-refractivity contribution in [2.75, 3.05) is 11.9 Å². The molecule has 0 unspecified atom stereocenters. The van der Waals surface area contributed by atoms with Gasteiger partial charge in [-0.25, -0.2) is 4.39 Å². The molecule has 2 aromatic rings. The monoisotopic (exact) mass is 302 g/mol. The maximum absolute atomic E-state index is 13.3. The van der Waals surface area contributed by atoms with Crippen LogP contribution in [-0.4, -0.2) is 17.9 Å². The summed E-state index contributed by atoms with van der Waals surface area (Å²) in [7, 11) is 1.64. The summed E-state index contributed by atoms with van der Waals surface area (Å²) in [5, 5.41) is 0. The maximum atomic E-state index is 13.3. The van der Waals surface area contributed by atoms with Crippen LogP contribution in [0.1, 0.15) is 21.5 Å². The number of aryl methyl sites for hydroxylation is 1. The van der Waals surface area contributed by atoms with Crippen LogP contribution in [0.4, 0.5) is 10.1 Å². The highest BCUT2D eigenvalue weighted by molar-refractivity contribution is 7.80. The van der Waals surface area contributed by atoms with E-state index in [4.69, 9.17) is 18.0 Å². The molecule has 0 radical (unpaired) electrons. The van der Waals surface area contributed by atoms with E-state index in [1.54, 1.807) is 38.2 Å². The molecule has 0 fully saturated rings. The Balaban J connectivity index is 2.40. The second-order valence-electron chi connectivity index (χ2n) is 4.71. The van der Waals surface area contributed by atoms with Crippen molar-refractivity contribution in [3.8, 4) is 0 Å². The second kappa shape index (κ2) is 6.01. The fraction of sp³-hybridized carbons (Fsp3) is 0.125. The fourth-order valence-corrected chi connectivity index (χ4v) is 2.23. The smallest absolute Gasteiger partial charge is 0.258 e. The Morgan fingerprint density at radius 1 is 1.24 bits per heavy atom. The number of nitrogens with two attached hydrogens (primary N) is 1. The summed E-state index contributed by atoms with van der Waals surface area (Å²) in [5.74, 6) is -0.584. The molecule has 0 aliphatic carbocycles. The zero-order chi connectivity index (χ0) is 15.6. The quantitative estimate of drug-likeness (QED) is 0.886. The van der Waals surface area contributed by atoms with Crippen molar-refractivity contribution in [1.29, 1.82) is 0 Å². The van der Waals surface area contributed by atoms with Crippen molar-refractivity contribution >= 4 is 28.8 Å². The Bertz CT molecular complexity index is 715. The number of para-hydroxylation sites is 1. The van der Waals surface area contributed by atoms with Gasteiger partial charge in [-0.3, -0.25) is 4.79 Å². The molecular formula is C16H15FN2OS. The predicted molar refractivity (Wildman–Crippen MR) is 86.2 cm³/mol. The van der Waals surface area contributed by atoms with Gasteiger partial charge in [0.25, 0.3) is 5.91 Å². The summed E-state index contributed by atoms with van der Waals surface area (Å²) in [4.78, 5) is 14.2. The molecule has 5 heteroatoms. The molecule has 0 aliphatic heterocycles. The number of hydrogen-bond donors (Lipinski definition) is 1. The van der Waals surface area contributed by atoms with Crippen LogP contribution in [-0.2, 0) is 0 Å². The van der Waals surface area contributed by atoms with Gasteiger partial charge in [0.1, 0.15) is 10.8 Å². The van der Waals surface area contributed by atoms with Crippen LogP contribution in [0.5, 0.6) is 0 Å². The van der Waals surface area contributed by atoms with Crippen molar-refractivity contribution in [2.24, 2.45) is 5.73 Å². The molecule has 0 saturated heterocycles. The van der Waals surface area contributed by atoms with Gasteiger partial charge in [-0.15, -0.1) is 0 Å². The number of amides is 1. The Morgan fingerprint density at radius 2 is 1.90 bits per heavy atom. The van der Waals surface area contributed by atoms with Gasteiger partial charge in [0, 0.05) is 18.2 Å². The van der Waals surface area contributed by atoms with E-state index in [0.29, 0.717) is 22.4 Å². The van der Waals surface area contributed by atoms with Gasteiger partial charge in [0.05, 0.1) is 5.69 Å². The maximum Gasteiger partial charge on any atom is 0.258 e. The van der Waals surface area contributed by atoms with E-state index in [-0.39, 0.29) is 16.7 Å². The largest absolute Gasteiger partial charge is 0.389 e. The first-order chi connectivity index (χ1) is 9.91. The molecule has 2 aromatic carbocycles. The Labute approximate surface area is 128 Å². The minimum absolute atomic E-state index is 0.223. The number of benzene rings is 2. The van der Waals surface area contributed by atoms with Crippen LogP contribution in [0.15, 0.2) is 42.5 Å². The van der Waals surface area contributed by atoms with E-state index in [2.05, 4.69) is 0 Å². The molecule has 0 saturated carbocycles. The zero-order valence-corrected chi connectivity index (χ0v) is 12.6. The highest BCUT2D eigenvalue weighted by Crippen LogP contribution is 2.21. The van der Waals surface area contributed by atoms with Crippen LogP contribution in [0.25, 0.3) is 0 Å². The number of rotatable bonds is 3. The lowest BCUT2D eigenvalue weighted by atomic mass is 10.1. The number of halogens is 1. The number of carbonyl (C=O) groups is 1. The molecule has 2 N–H and O–H groups in total. The van der Waals surface area contributed by atoms with Crippen molar-refractivity contribution in [2.45, 2.75) is 6.92 Å². The van der Waals surface area contributed by atoms with E-state index in [1.807, 2.05) is 0 Å². The number of thiocarbonyl (C=S) groups is 1. The zero-order valence-electron chi connectivity index (χ0n) is 11.8. The normalized spacial score (nSPS) is 10.2. The molecule has 1 amide bonds. The highest BCUT2D eigenvalue weighted by atomic mass is 32.1. The number of carbonyl (C=O) groups excluding carboxylic acids is 1. The molecule has 0 aromatic heterocycles. The third kappa shape index (κ3) is 3.08. The van der Waals surface area contributed by atoms with Gasteiger partial charge in [-0.2, -0.15) is 0 Å². The van der Waals surface area contributed by atoms with E-state index < -0.39 is 0 Å². The molecule has 0 aliphatic rings. The van der Waals surface area contributed by atoms with Gasteiger partial charge in [0.2, 0.25) is 0 Å². The van der Waals surface area contributed by atoms with E-state index >= 15 is 0 Å². The molecule has 0 spiro atoms. The first-order valence-corrected chi connectivity index (χ1v) is 6.75. The molecule has 3 nitrogen and oxygen atoms in total. The standard InChI is InChI=1S/C16H15FN2OS/c1-10-9-11(7-8-13(10)17)16(20)19(2)14-6-4-3-5-12(14)15(18)21/h3-9H,1-2H3,(H2,18,21). The molecule has 0 bridgehead atoms. The number of nitrogens with zero attached hydrogens (tertiary/aromatic N) is 1. The first kappa shape index (κ1) is 15.1. The Morgan fingerprint density at radius 3 is 2.52 bits per heavy atom. The third-order valence-corrected chi connectivity index (χ3v) is 3.46. The van der Waals surface area contributed by atoms with Crippen LogP contribution in [0.3, 0.4) is 0 Å². The van der Waals surface area contributed by atoms with Crippen molar-refractivity contribution < 1.29 is 9.18 Å². The lowest BCUT2D eigenvalue weighted by Crippen LogP contribution is -2.28. The van der Waals surface area contributed by atoms with Gasteiger partial charge >= 0.3 is 0 Å². The minimum Gasteiger partial charge on any atom is -0.389 e. The molecule has 21 heavy (non-hydrogen) atoms. The van der Waals surface area contributed by atoms with Gasteiger partial charge in [0.15, 0.2) is 0 Å². The average molecular weight is 302 g/mol. The van der Waals surface area contributed by atoms with Gasteiger partial charge < -0.3 is 10.6 Å². The van der Waals surface area contributed by atoms with Crippen LogP contribution < -0.4 is 10.6 Å². The molecule has 108 valence electrons. The number of anilines is 1. The summed E-state index contributed by atoms with van der Waals surface area (Å²) < 4.78 is 13.3. The fourth-order valence-electron chi connectivity index (χ4n) is 2.06. The molecule has 2 rings (SSSR count). The summed E-state index contributed by atoms with van der Waals surface area (Å²) in [6.07, 6.45) is 0. The topological polar surface area (TPSA) is 46.3 Å². The third-order valence-electron chi connectivity index (χ3n) is 3.24. The highest BCUT2D eigenvalue weighted by Gasteiger charge is 2.17. The summed E-state index contributed by atoms with van der Waals surface area (Å²) >= 11 is 5.00.